The third-order valence-electron chi connectivity index (χ3n) is 1.84. The van der Waals surface area contributed by atoms with Crippen molar-refractivity contribution in [3.8, 4) is 0 Å². The number of nitrogens with one attached hydrogen (secondary N) is 2. The van der Waals surface area contributed by atoms with Gasteiger partial charge >= 0.3 is 5.69 Å². The van der Waals surface area contributed by atoms with Crippen LogP contribution in [-0.2, 0) is 16.1 Å². The van der Waals surface area contributed by atoms with Crippen LogP contribution in [0.2, 0.25) is 0 Å². The third-order valence-corrected chi connectivity index (χ3v) is 1.84. The predicted molar refractivity (Wildman–Crippen MR) is 56.2 cm³/mol. The highest BCUT2D eigenvalue weighted by molar-refractivity contribution is 5.75. The van der Waals surface area contributed by atoms with E-state index in [1.165, 1.54) is 19.4 Å². The van der Waals surface area contributed by atoms with E-state index in [1.54, 1.807) is 0 Å². The smallest absolute Gasteiger partial charge is 0.328 e. The molecule has 0 bridgehead atoms. The van der Waals surface area contributed by atoms with Crippen molar-refractivity contribution in [2.45, 2.75) is 6.54 Å². The standard InChI is InChI=1S/C9H13N3O4/c1-16-5-3-10-8(14)6-12-4-2-7(13)11-9(12)15/h2,4H,3,5-6H2,1H3,(H,10,14)(H,11,13,15). The first-order chi connectivity index (χ1) is 7.63. The van der Waals surface area contributed by atoms with Gasteiger partial charge < -0.3 is 10.1 Å². The van der Waals surface area contributed by atoms with Gasteiger partial charge in [0.05, 0.1) is 6.61 Å². The van der Waals surface area contributed by atoms with Crippen LogP contribution in [0.5, 0.6) is 0 Å². The zero-order valence-corrected chi connectivity index (χ0v) is 8.86. The highest BCUT2D eigenvalue weighted by atomic mass is 16.5. The Morgan fingerprint density at radius 2 is 2.31 bits per heavy atom. The molecule has 7 nitrogen and oxygen atoms in total. The molecule has 1 rings (SSSR count). The minimum Gasteiger partial charge on any atom is -0.383 e. The molecule has 0 radical (unpaired) electrons. The first-order valence-corrected chi connectivity index (χ1v) is 4.69. The number of aromatic nitrogens is 2. The van der Waals surface area contributed by atoms with Crippen molar-refractivity contribution in [2.75, 3.05) is 20.3 Å². The summed E-state index contributed by atoms with van der Waals surface area (Å²) in [5.74, 6) is -0.314. The summed E-state index contributed by atoms with van der Waals surface area (Å²) in [7, 11) is 1.53. The van der Waals surface area contributed by atoms with E-state index >= 15 is 0 Å². The number of carbonyl (C=O) groups is 1. The first kappa shape index (κ1) is 12.2. The zero-order valence-electron chi connectivity index (χ0n) is 8.86. The molecule has 0 atom stereocenters. The number of aromatic amines is 1. The van der Waals surface area contributed by atoms with E-state index in [-0.39, 0.29) is 12.5 Å². The number of hydrogen-bond acceptors (Lipinski definition) is 4. The van der Waals surface area contributed by atoms with Gasteiger partial charge in [0.25, 0.3) is 5.56 Å². The summed E-state index contributed by atoms with van der Waals surface area (Å²) in [6.45, 7) is 0.666. The lowest BCUT2D eigenvalue weighted by Gasteiger charge is -2.05. The second-order valence-corrected chi connectivity index (χ2v) is 3.08. The van der Waals surface area contributed by atoms with E-state index in [0.717, 1.165) is 4.57 Å². The van der Waals surface area contributed by atoms with Crippen LogP contribution in [0.1, 0.15) is 0 Å². The molecule has 0 spiro atoms. The number of ether oxygens (including phenoxy) is 1. The molecule has 1 amide bonds. The summed E-state index contributed by atoms with van der Waals surface area (Å²) >= 11 is 0. The Morgan fingerprint density at radius 1 is 1.56 bits per heavy atom. The largest absolute Gasteiger partial charge is 0.383 e. The molecule has 0 fully saturated rings. The molecule has 0 saturated carbocycles. The van der Waals surface area contributed by atoms with Crippen LogP contribution in [-0.4, -0.2) is 35.7 Å². The number of carbonyl (C=O) groups excluding carboxylic acids is 1. The van der Waals surface area contributed by atoms with Gasteiger partial charge in [0, 0.05) is 25.9 Å². The SMILES string of the molecule is COCCNC(=O)Cn1ccc(=O)[nH]c1=O. The van der Waals surface area contributed by atoms with Gasteiger partial charge in [0.2, 0.25) is 5.91 Å². The van der Waals surface area contributed by atoms with E-state index in [9.17, 15) is 14.4 Å². The summed E-state index contributed by atoms with van der Waals surface area (Å²) in [6.07, 6.45) is 1.27. The monoisotopic (exact) mass is 227 g/mol. The van der Waals surface area contributed by atoms with Crippen LogP contribution in [0.15, 0.2) is 21.9 Å². The number of nitrogens with zero attached hydrogens (tertiary/aromatic N) is 1. The molecule has 1 aromatic rings. The van der Waals surface area contributed by atoms with Crippen molar-refractivity contribution >= 4 is 5.91 Å². The van der Waals surface area contributed by atoms with Crippen molar-refractivity contribution in [1.82, 2.24) is 14.9 Å². The zero-order chi connectivity index (χ0) is 12.0. The van der Waals surface area contributed by atoms with Gasteiger partial charge in [-0.05, 0) is 0 Å². The van der Waals surface area contributed by atoms with E-state index in [4.69, 9.17) is 4.74 Å². The Labute approximate surface area is 91.1 Å². The second kappa shape index (κ2) is 5.86. The molecule has 88 valence electrons. The minimum absolute atomic E-state index is 0.126. The Bertz CT molecular complexity index is 462. The van der Waals surface area contributed by atoms with Gasteiger partial charge in [-0.1, -0.05) is 0 Å². The fourth-order valence-corrected chi connectivity index (χ4v) is 1.07. The van der Waals surface area contributed by atoms with Gasteiger partial charge in [-0.2, -0.15) is 0 Å². The lowest BCUT2D eigenvalue weighted by molar-refractivity contribution is -0.121. The number of amides is 1. The molecular weight excluding hydrogens is 214 g/mol. The maximum absolute atomic E-state index is 11.3. The molecule has 0 aliphatic heterocycles. The van der Waals surface area contributed by atoms with E-state index < -0.39 is 11.2 Å². The summed E-state index contributed by atoms with van der Waals surface area (Å²) in [5, 5.41) is 2.56. The average molecular weight is 227 g/mol. The first-order valence-electron chi connectivity index (χ1n) is 4.69. The summed E-state index contributed by atoms with van der Waals surface area (Å²) < 4.78 is 5.87. The fourth-order valence-electron chi connectivity index (χ4n) is 1.07. The summed E-state index contributed by atoms with van der Waals surface area (Å²) in [6, 6.07) is 1.18. The van der Waals surface area contributed by atoms with Crippen LogP contribution in [0.4, 0.5) is 0 Å². The second-order valence-electron chi connectivity index (χ2n) is 3.08. The van der Waals surface area contributed by atoms with Crippen LogP contribution < -0.4 is 16.6 Å². The van der Waals surface area contributed by atoms with Gasteiger partial charge in [0.1, 0.15) is 6.54 Å². The molecule has 1 aromatic heterocycles. The number of methoxy groups -OCH3 is 1. The Hall–Kier alpha value is -1.89. The van der Waals surface area contributed by atoms with Gasteiger partial charge in [-0.3, -0.25) is 19.1 Å². The number of hydrogen-bond donors (Lipinski definition) is 2. The van der Waals surface area contributed by atoms with Crippen molar-refractivity contribution in [3.05, 3.63) is 33.1 Å². The Morgan fingerprint density at radius 3 is 2.94 bits per heavy atom. The molecule has 0 aromatic carbocycles. The molecule has 0 saturated heterocycles. The van der Waals surface area contributed by atoms with Gasteiger partial charge in [0.15, 0.2) is 0 Å². The van der Waals surface area contributed by atoms with Crippen molar-refractivity contribution < 1.29 is 9.53 Å². The molecule has 16 heavy (non-hydrogen) atoms. The normalized spacial score (nSPS) is 10.1. The van der Waals surface area contributed by atoms with Gasteiger partial charge in [-0.25, -0.2) is 4.79 Å². The maximum Gasteiger partial charge on any atom is 0.328 e. The van der Waals surface area contributed by atoms with Crippen LogP contribution in [0, 0.1) is 0 Å². The highest BCUT2D eigenvalue weighted by Crippen LogP contribution is 1.77. The minimum atomic E-state index is -0.602. The third kappa shape index (κ3) is 3.70. The summed E-state index contributed by atoms with van der Waals surface area (Å²) in [4.78, 5) is 35.3. The van der Waals surface area contributed by atoms with Crippen LogP contribution >= 0.6 is 0 Å². The van der Waals surface area contributed by atoms with Crippen molar-refractivity contribution in [3.63, 3.8) is 0 Å². The number of rotatable bonds is 5. The Kier molecular flexibility index (Phi) is 4.46. The fraction of sp³-hybridized carbons (Fsp3) is 0.444. The number of H-pyrrole nitrogens is 1. The van der Waals surface area contributed by atoms with E-state index in [2.05, 4.69) is 10.3 Å². The quantitative estimate of drug-likeness (QED) is 0.586. The maximum atomic E-state index is 11.3. The molecule has 1 heterocycles. The molecule has 2 N–H and O–H groups in total. The topological polar surface area (TPSA) is 93.2 Å². The molecule has 0 aliphatic carbocycles. The van der Waals surface area contributed by atoms with Crippen LogP contribution in [0.25, 0.3) is 0 Å². The predicted octanol–water partition coefficient (Wildman–Crippen LogP) is -1.70. The van der Waals surface area contributed by atoms with Gasteiger partial charge in [-0.15, -0.1) is 0 Å². The van der Waals surface area contributed by atoms with Crippen molar-refractivity contribution in [1.29, 1.82) is 0 Å². The molecule has 0 unspecified atom stereocenters. The molecule has 0 aliphatic rings. The average Bonchev–Trinajstić information content (AvgIpc) is 2.23. The molecular formula is C9H13N3O4. The highest BCUT2D eigenvalue weighted by Gasteiger charge is 2.03. The van der Waals surface area contributed by atoms with E-state index in [0.29, 0.717) is 13.2 Å². The van der Waals surface area contributed by atoms with E-state index in [1.807, 2.05) is 0 Å². The Balaban J connectivity index is 2.56. The van der Waals surface area contributed by atoms with Crippen molar-refractivity contribution in [2.24, 2.45) is 0 Å². The lowest BCUT2D eigenvalue weighted by Crippen LogP contribution is -2.36. The van der Waals surface area contributed by atoms with Crippen LogP contribution in [0.3, 0.4) is 0 Å². The summed E-state index contributed by atoms with van der Waals surface area (Å²) in [5.41, 5.74) is -1.09. The molecule has 7 heteroatoms. The lowest BCUT2D eigenvalue weighted by atomic mass is 10.5.